The Balaban J connectivity index is 2.22. The average molecular weight is 243 g/mol. The molecule has 0 aromatic heterocycles. The van der Waals surface area contributed by atoms with Crippen LogP contribution in [0.25, 0.3) is 11.6 Å². The van der Waals surface area contributed by atoms with E-state index < -0.39 is 22.2 Å². The number of nitrogens with zero attached hydrogens (tertiary/aromatic N) is 1. The number of ketones is 1. The highest BCUT2D eigenvalue weighted by atomic mass is 19.1. The second-order valence-electron chi connectivity index (χ2n) is 3.98. The van der Waals surface area contributed by atoms with Crippen molar-refractivity contribution < 1.29 is 14.1 Å². The lowest BCUT2D eigenvalue weighted by Gasteiger charge is -2.09. The molecule has 4 nitrogen and oxygen atoms in total. The molecular formula is C13H6FNO3. The van der Waals surface area contributed by atoms with E-state index >= 15 is 0 Å². The topological polar surface area (TPSA) is 60.2 Å². The van der Waals surface area contributed by atoms with E-state index in [0.717, 1.165) is 6.08 Å². The highest BCUT2D eigenvalue weighted by Gasteiger charge is 2.35. The third kappa shape index (κ3) is 1.27. The molecule has 2 aliphatic rings. The predicted octanol–water partition coefficient (Wildman–Crippen LogP) is 2.35. The summed E-state index contributed by atoms with van der Waals surface area (Å²) in [6.07, 6.45) is 4.03. The van der Waals surface area contributed by atoms with Gasteiger partial charge >= 0.3 is 5.70 Å². The molecule has 0 spiro atoms. The minimum Gasteiger partial charge on any atom is -0.282 e. The lowest BCUT2D eigenvalue weighted by molar-refractivity contribution is -0.418. The van der Waals surface area contributed by atoms with Gasteiger partial charge < -0.3 is 0 Å². The zero-order chi connectivity index (χ0) is 12.9. The number of benzene rings is 1. The maximum Gasteiger partial charge on any atom is 0.316 e. The summed E-state index contributed by atoms with van der Waals surface area (Å²) in [7, 11) is 0. The molecule has 0 saturated carbocycles. The van der Waals surface area contributed by atoms with Crippen molar-refractivity contribution in [1.82, 2.24) is 0 Å². The summed E-state index contributed by atoms with van der Waals surface area (Å²) in [5.41, 5.74) is 1.02. The van der Waals surface area contributed by atoms with E-state index in [1.807, 2.05) is 0 Å². The van der Waals surface area contributed by atoms with Gasteiger partial charge in [0.05, 0.1) is 4.92 Å². The van der Waals surface area contributed by atoms with Crippen molar-refractivity contribution in [2.24, 2.45) is 0 Å². The van der Waals surface area contributed by atoms with Crippen LogP contribution in [0.15, 0.2) is 41.6 Å². The van der Waals surface area contributed by atoms with Gasteiger partial charge in [-0.15, -0.1) is 0 Å². The quantitative estimate of drug-likeness (QED) is 0.561. The molecule has 5 heteroatoms. The van der Waals surface area contributed by atoms with Gasteiger partial charge in [-0.3, -0.25) is 14.9 Å². The fraction of sp³-hybridized carbons (Fsp3) is 0. The van der Waals surface area contributed by atoms with Crippen LogP contribution in [0, 0.1) is 15.9 Å². The number of hydrogen-bond acceptors (Lipinski definition) is 3. The van der Waals surface area contributed by atoms with Gasteiger partial charge in [-0.05, 0) is 29.4 Å². The van der Waals surface area contributed by atoms with Gasteiger partial charge in [0.2, 0.25) is 0 Å². The second kappa shape index (κ2) is 3.46. The number of carbonyl (C=O) groups excluding carboxylic acids is 1. The van der Waals surface area contributed by atoms with Gasteiger partial charge in [0.15, 0.2) is 0 Å². The number of carbonyl (C=O) groups is 1. The Kier molecular flexibility index (Phi) is 2.04. The van der Waals surface area contributed by atoms with Crippen molar-refractivity contribution in [1.29, 1.82) is 0 Å². The molecule has 0 fully saturated rings. The van der Waals surface area contributed by atoms with Gasteiger partial charge in [-0.2, -0.15) is 0 Å². The van der Waals surface area contributed by atoms with Gasteiger partial charge in [0.25, 0.3) is 5.78 Å². The average Bonchev–Trinajstić information content (AvgIpc) is 2.70. The molecule has 0 bridgehead atoms. The first kappa shape index (κ1) is 10.6. The van der Waals surface area contributed by atoms with Crippen LogP contribution < -0.4 is 0 Å². The second-order valence-corrected chi connectivity index (χ2v) is 3.98. The summed E-state index contributed by atoms with van der Waals surface area (Å²) in [6, 6.07) is 4.51. The van der Waals surface area contributed by atoms with Crippen molar-refractivity contribution >= 4 is 17.4 Å². The number of fused-ring (bicyclic) bond motifs is 3. The Morgan fingerprint density at radius 2 is 1.94 bits per heavy atom. The number of Topliss-reactive ketones (excluding diaryl/α,β-unsaturated/α-hetero) is 1. The third-order valence-electron chi connectivity index (χ3n) is 2.99. The van der Waals surface area contributed by atoms with Gasteiger partial charge in [0.1, 0.15) is 5.82 Å². The molecule has 0 aliphatic heterocycles. The van der Waals surface area contributed by atoms with Crippen LogP contribution in [0.1, 0.15) is 11.1 Å². The fourth-order valence-electron chi connectivity index (χ4n) is 2.19. The maximum atomic E-state index is 13.7. The van der Waals surface area contributed by atoms with Gasteiger partial charge in [0, 0.05) is 17.2 Å². The molecule has 0 unspecified atom stereocenters. The highest BCUT2D eigenvalue weighted by Crippen LogP contribution is 2.40. The molecule has 0 N–H and O–H groups in total. The van der Waals surface area contributed by atoms with E-state index in [4.69, 9.17) is 0 Å². The van der Waals surface area contributed by atoms with Gasteiger partial charge in [-0.1, -0.05) is 12.1 Å². The fourth-order valence-corrected chi connectivity index (χ4v) is 2.19. The molecule has 1 aromatic carbocycles. The summed E-state index contributed by atoms with van der Waals surface area (Å²) in [5.74, 6) is -1.11. The first-order valence-electron chi connectivity index (χ1n) is 5.21. The van der Waals surface area contributed by atoms with Crippen LogP contribution in [0.3, 0.4) is 0 Å². The Bertz CT molecular complexity index is 698. The van der Waals surface area contributed by atoms with Crippen molar-refractivity contribution in [3.05, 3.63) is 68.7 Å². The normalized spacial score (nSPS) is 16.5. The minimum atomic E-state index is -0.726. The van der Waals surface area contributed by atoms with Crippen LogP contribution in [0.5, 0.6) is 0 Å². The van der Waals surface area contributed by atoms with E-state index in [1.54, 1.807) is 6.07 Å². The Labute approximate surface area is 101 Å². The molecule has 0 radical (unpaired) electrons. The largest absolute Gasteiger partial charge is 0.316 e. The molecule has 88 valence electrons. The molecule has 18 heavy (non-hydrogen) atoms. The van der Waals surface area contributed by atoms with E-state index in [2.05, 4.69) is 0 Å². The summed E-state index contributed by atoms with van der Waals surface area (Å²) >= 11 is 0. The Morgan fingerprint density at radius 3 is 2.67 bits per heavy atom. The van der Waals surface area contributed by atoms with Crippen LogP contribution in [-0.2, 0) is 4.79 Å². The van der Waals surface area contributed by atoms with Crippen molar-refractivity contribution in [2.45, 2.75) is 0 Å². The first-order chi connectivity index (χ1) is 8.59. The number of rotatable bonds is 1. The van der Waals surface area contributed by atoms with Crippen LogP contribution in [0.4, 0.5) is 4.39 Å². The molecule has 0 heterocycles. The first-order valence-corrected chi connectivity index (χ1v) is 5.21. The standard InChI is InChI=1S/C13H6FNO3/c14-10-3-1-2-7-6-9-8(12(7)10)4-5-11(13(9)16)15(17)18/h1-6H. The Morgan fingerprint density at radius 1 is 1.17 bits per heavy atom. The molecule has 0 saturated heterocycles. The van der Waals surface area contributed by atoms with Crippen molar-refractivity contribution in [2.75, 3.05) is 0 Å². The molecule has 0 atom stereocenters. The van der Waals surface area contributed by atoms with Crippen molar-refractivity contribution in [3.8, 4) is 0 Å². The van der Waals surface area contributed by atoms with E-state index in [-0.39, 0.29) is 5.57 Å². The molecule has 0 amide bonds. The SMILES string of the molecule is O=C1C2=Cc3cccc(F)c3C2=CC=C1[N+](=O)[O-]. The summed E-state index contributed by atoms with van der Waals surface area (Å²) in [5, 5.41) is 10.7. The summed E-state index contributed by atoms with van der Waals surface area (Å²) in [4.78, 5) is 21.8. The molecule has 2 aliphatic carbocycles. The monoisotopic (exact) mass is 243 g/mol. The smallest absolute Gasteiger partial charge is 0.282 e. The summed E-state index contributed by atoms with van der Waals surface area (Å²) < 4.78 is 13.7. The maximum absolute atomic E-state index is 13.7. The molecule has 1 aromatic rings. The van der Waals surface area contributed by atoms with E-state index in [0.29, 0.717) is 16.7 Å². The van der Waals surface area contributed by atoms with Crippen molar-refractivity contribution in [3.63, 3.8) is 0 Å². The number of hydrogen-bond donors (Lipinski definition) is 0. The lowest BCUT2D eigenvalue weighted by atomic mass is 9.94. The minimum absolute atomic E-state index is 0.185. The molecular weight excluding hydrogens is 237 g/mol. The Hall–Kier alpha value is -2.56. The van der Waals surface area contributed by atoms with Crippen LogP contribution in [0.2, 0.25) is 0 Å². The van der Waals surface area contributed by atoms with E-state index in [9.17, 15) is 19.3 Å². The zero-order valence-electron chi connectivity index (χ0n) is 9.01. The third-order valence-corrected chi connectivity index (χ3v) is 2.99. The summed E-state index contributed by atoms with van der Waals surface area (Å²) in [6.45, 7) is 0. The van der Waals surface area contributed by atoms with Crippen LogP contribution >= 0.6 is 0 Å². The number of allylic oxidation sites excluding steroid dienone is 4. The zero-order valence-corrected chi connectivity index (χ0v) is 9.01. The van der Waals surface area contributed by atoms with E-state index in [1.165, 1.54) is 24.3 Å². The number of halogens is 1. The highest BCUT2D eigenvalue weighted by molar-refractivity contribution is 6.24. The predicted molar refractivity (Wildman–Crippen MR) is 62.4 cm³/mol. The van der Waals surface area contributed by atoms with Crippen LogP contribution in [-0.4, -0.2) is 10.7 Å². The van der Waals surface area contributed by atoms with Gasteiger partial charge in [-0.25, -0.2) is 4.39 Å². The molecule has 3 rings (SSSR count). The number of nitro groups is 1. The lowest BCUT2D eigenvalue weighted by Crippen LogP contribution is -2.16.